The standard InChI is InChI=1S/C11H20O3/c1-7(2)10(8(3)4)11(12)14-6-9-5-13-9/h7-10H,5-6H2,1-4H3. The van der Waals surface area contributed by atoms with Gasteiger partial charge in [0.05, 0.1) is 12.5 Å². The summed E-state index contributed by atoms with van der Waals surface area (Å²) in [5, 5.41) is 0. The van der Waals surface area contributed by atoms with Crippen LogP contribution < -0.4 is 0 Å². The minimum atomic E-state index is -0.0782. The Balaban J connectivity index is 2.36. The van der Waals surface area contributed by atoms with Crippen molar-refractivity contribution in [3.8, 4) is 0 Å². The van der Waals surface area contributed by atoms with E-state index in [-0.39, 0.29) is 18.0 Å². The topological polar surface area (TPSA) is 38.8 Å². The number of ether oxygens (including phenoxy) is 2. The summed E-state index contributed by atoms with van der Waals surface area (Å²) in [5.74, 6) is 0.601. The van der Waals surface area contributed by atoms with E-state index in [1.807, 2.05) is 0 Å². The molecule has 14 heavy (non-hydrogen) atoms. The van der Waals surface area contributed by atoms with Crippen molar-refractivity contribution < 1.29 is 14.3 Å². The average Bonchev–Trinajstić information content (AvgIpc) is 2.81. The second-order valence-electron chi connectivity index (χ2n) is 4.60. The van der Waals surface area contributed by atoms with E-state index in [2.05, 4.69) is 27.7 Å². The van der Waals surface area contributed by atoms with Gasteiger partial charge in [0.1, 0.15) is 12.7 Å². The van der Waals surface area contributed by atoms with Crippen LogP contribution >= 0.6 is 0 Å². The summed E-state index contributed by atoms with van der Waals surface area (Å²) in [6.45, 7) is 9.38. The van der Waals surface area contributed by atoms with Crippen molar-refractivity contribution >= 4 is 5.97 Å². The molecule has 1 atom stereocenters. The van der Waals surface area contributed by atoms with Crippen LogP contribution in [0.3, 0.4) is 0 Å². The minimum absolute atomic E-state index is 0.00810. The third-order valence-corrected chi connectivity index (χ3v) is 2.52. The van der Waals surface area contributed by atoms with Crippen LogP contribution in [0.25, 0.3) is 0 Å². The summed E-state index contributed by atoms with van der Waals surface area (Å²) in [6.07, 6.45) is 0.166. The smallest absolute Gasteiger partial charge is 0.309 e. The SMILES string of the molecule is CC(C)C(C(=O)OCC1CO1)C(C)C. The Hall–Kier alpha value is -0.570. The molecule has 0 aromatic rings. The van der Waals surface area contributed by atoms with Crippen LogP contribution in [0, 0.1) is 17.8 Å². The monoisotopic (exact) mass is 200 g/mol. The van der Waals surface area contributed by atoms with Crippen molar-refractivity contribution in [3.63, 3.8) is 0 Å². The highest BCUT2D eigenvalue weighted by Gasteiger charge is 2.30. The molecule has 0 spiro atoms. The molecule has 1 aliphatic heterocycles. The summed E-state index contributed by atoms with van der Waals surface area (Å²) in [7, 11) is 0. The molecule has 0 saturated carbocycles. The number of hydrogen-bond donors (Lipinski definition) is 0. The maximum Gasteiger partial charge on any atom is 0.309 e. The molecule has 0 amide bonds. The van der Waals surface area contributed by atoms with Gasteiger partial charge in [-0.1, -0.05) is 27.7 Å². The zero-order valence-electron chi connectivity index (χ0n) is 9.45. The van der Waals surface area contributed by atoms with Crippen LogP contribution in [0.15, 0.2) is 0 Å². The fourth-order valence-corrected chi connectivity index (χ4v) is 1.75. The van der Waals surface area contributed by atoms with E-state index in [9.17, 15) is 4.79 Å². The zero-order valence-corrected chi connectivity index (χ0v) is 9.45. The first-order valence-electron chi connectivity index (χ1n) is 5.30. The van der Waals surface area contributed by atoms with Crippen LogP contribution in [0.2, 0.25) is 0 Å². The van der Waals surface area contributed by atoms with E-state index in [0.717, 1.165) is 6.61 Å². The van der Waals surface area contributed by atoms with Crippen LogP contribution in [0.5, 0.6) is 0 Å². The summed E-state index contributed by atoms with van der Waals surface area (Å²) >= 11 is 0. The lowest BCUT2D eigenvalue weighted by atomic mass is 9.86. The lowest BCUT2D eigenvalue weighted by Crippen LogP contribution is -2.28. The highest BCUT2D eigenvalue weighted by atomic mass is 16.6. The number of rotatable bonds is 5. The molecule has 3 heteroatoms. The third kappa shape index (κ3) is 3.29. The molecule has 1 fully saturated rings. The zero-order chi connectivity index (χ0) is 10.7. The molecular formula is C11H20O3. The van der Waals surface area contributed by atoms with Gasteiger partial charge < -0.3 is 9.47 Å². The molecule has 0 bridgehead atoms. The highest BCUT2D eigenvalue weighted by Crippen LogP contribution is 2.22. The number of esters is 1. The number of carbonyl (C=O) groups excluding carboxylic acids is 1. The van der Waals surface area contributed by atoms with Crippen LogP contribution in [0.1, 0.15) is 27.7 Å². The molecule has 0 aromatic heterocycles. The molecule has 0 aliphatic carbocycles. The lowest BCUT2D eigenvalue weighted by molar-refractivity contribution is -0.152. The largest absolute Gasteiger partial charge is 0.463 e. The van der Waals surface area contributed by atoms with Crippen molar-refractivity contribution in [1.82, 2.24) is 0 Å². The first kappa shape index (κ1) is 11.5. The highest BCUT2D eigenvalue weighted by molar-refractivity contribution is 5.73. The van der Waals surface area contributed by atoms with Gasteiger partial charge in [0.15, 0.2) is 0 Å². The Bertz CT molecular complexity index is 187. The first-order chi connectivity index (χ1) is 6.52. The van der Waals surface area contributed by atoms with Crippen LogP contribution in [-0.4, -0.2) is 25.3 Å². The Labute approximate surface area is 85.8 Å². The van der Waals surface area contributed by atoms with Crippen LogP contribution in [0.4, 0.5) is 0 Å². The summed E-state index contributed by atoms with van der Waals surface area (Å²) in [6, 6.07) is 0. The Morgan fingerprint density at radius 3 is 2.21 bits per heavy atom. The number of epoxide rings is 1. The molecule has 1 aliphatic rings. The summed E-state index contributed by atoms with van der Waals surface area (Å²) in [4.78, 5) is 11.7. The van der Waals surface area contributed by atoms with Crippen molar-refractivity contribution in [2.45, 2.75) is 33.8 Å². The molecule has 1 rings (SSSR count). The predicted molar refractivity (Wildman–Crippen MR) is 53.9 cm³/mol. The van der Waals surface area contributed by atoms with Gasteiger partial charge in [0.2, 0.25) is 0 Å². The van der Waals surface area contributed by atoms with E-state index in [1.54, 1.807) is 0 Å². The number of carbonyl (C=O) groups is 1. The summed E-state index contributed by atoms with van der Waals surface area (Å²) in [5.41, 5.74) is 0. The van der Waals surface area contributed by atoms with Gasteiger partial charge in [0.25, 0.3) is 0 Å². The predicted octanol–water partition coefficient (Wildman–Crippen LogP) is 1.86. The quantitative estimate of drug-likeness (QED) is 0.502. The molecule has 0 N–H and O–H groups in total. The second-order valence-corrected chi connectivity index (χ2v) is 4.60. The van der Waals surface area contributed by atoms with Crippen LogP contribution in [-0.2, 0) is 14.3 Å². The van der Waals surface area contributed by atoms with Gasteiger partial charge in [0, 0.05) is 0 Å². The fourth-order valence-electron chi connectivity index (χ4n) is 1.75. The van der Waals surface area contributed by atoms with Gasteiger partial charge in [-0.2, -0.15) is 0 Å². The van der Waals surface area contributed by atoms with Crippen molar-refractivity contribution in [2.75, 3.05) is 13.2 Å². The van der Waals surface area contributed by atoms with E-state index < -0.39 is 0 Å². The molecule has 0 aromatic carbocycles. The molecule has 1 heterocycles. The molecule has 0 radical (unpaired) electrons. The van der Waals surface area contributed by atoms with E-state index >= 15 is 0 Å². The molecule has 1 unspecified atom stereocenters. The molecule has 1 saturated heterocycles. The van der Waals surface area contributed by atoms with Gasteiger partial charge in [-0.05, 0) is 11.8 Å². The average molecular weight is 200 g/mol. The first-order valence-corrected chi connectivity index (χ1v) is 5.30. The second kappa shape index (κ2) is 4.78. The Morgan fingerprint density at radius 2 is 1.86 bits per heavy atom. The van der Waals surface area contributed by atoms with Gasteiger partial charge in [-0.25, -0.2) is 0 Å². The lowest BCUT2D eigenvalue weighted by Gasteiger charge is -2.22. The van der Waals surface area contributed by atoms with Gasteiger partial charge >= 0.3 is 5.97 Å². The molecule has 82 valence electrons. The fraction of sp³-hybridized carbons (Fsp3) is 0.909. The van der Waals surface area contributed by atoms with Crippen molar-refractivity contribution in [2.24, 2.45) is 17.8 Å². The van der Waals surface area contributed by atoms with Gasteiger partial charge in [-0.3, -0.25) is 4.79 Å². The number of hydrogen-bond acceptors (Lipinski definition) is 3. The van der Waals surface area contributed by atoms with Crippen molar-refractivity contribution in [3.05, 3.63) is 0 Å². The van der Waals surface area contributed by atoms with Gasteiger partial charge in [-0.15, -0.1) is 0 Å². The van der Waals surface area contributed by atoms with E-state index in [4.69, 9.17) is 9.47 Å². The maximum atomic E-state index is 11.7. The van der Waals surface area contributed by atoms with E-state index in [0.29, 0.717) is 18.4 Å². The molecular weight excluding hydrogens is 180 g/mol. The minimum Gasteiger partial charge on any atom is -0.463 e. The van der Waals surface area contributed by atoms with E-state index in [1.165, 1.54) is 0 Å². The molecule has 3 nitrogen and oxygen atoms in total. The van der Waals surface area contributed by atoms with Crippen molar-refractivity contribution in [1.29, 1.82) is 0 Å². The normalized spacial score (nSPS) is 20.6. The summed E-state index contributed by atoms with van der Waals surface area (Å²) < 4.78 is 10.2. The third-order valence-electron chi connectivity index (χ3n) is 2.52. The Kier molecular flexibility index (Phi) is 3.93. The Morgan fingerprint density at radius 1 is 1.36 bits per heavy atom. The maximum absolute atomic E-state index is 11.7.